The van der Waals surface area contributed by atoms with E-state index < -0.39 is 0 Å². The number of nitrogens with zero attached hydrogens (tertiary/aromatic N) is 1. The van der Waals surface area contributed by atoms with E-state index >= 15 is 0 Å². The molecule has 2 nitrogen and oxygen atoms in total. The van der Waals surface area contributed by atoms with Gasteiger partial charge in [-0.25, -0.2) is 0 Å². The maximum absolute atomic E-state index is 6.30. The molecule has 0 saturated heterocycles. The van der Waals surface area contributed by atoms with Gasteiger partial charge in [0, 0.05) is 25.2 Å². The third kappa shape index (κ3) is 3.16. The highest BCUT2D eigenvalue weighted by Gasteiger charge is 2.44. The molecule has 110 valence electrons. The predicted molar refractivity (Wildman–Crippen MR) is 81.0 cm³/mol. The van der Waals surface area contributed by atoms with Gasteiger partial charge in [-0.2, -0.15) is 0 Å². The summed E-state index contributed by atoms with van der Waals surface area (Å²) in [7, 11) is 0. The van der Waals surface area contributed by atoms with Crippen LogP contribution >= 0.6 is 0 Å². The van der Waals surface area contributed by atoms with Gasteiger partial charge < -0.3 is 5.73 Å². The Hall–Kier alpha value is -0.0800. The van der Waals surface area contributed by atoms with Crippen molar-refractivity contribution >= 4 is 0 Å². The SMILES string of the molecule is CC1CCC(CN)(N(CC2CC2)CC2CC2)CC1C. The number of hydrogen-bond acceptors (Lipinski definition) is 2. The Morgan fingerprint density at radius 3 is 1.95 bits per heavy atom. The van der Waals surface area contributed by atoms with Crippen molar-refractivity contribution in [3.05, 3.63) is 0 Å². The van der Waals surface area contributed by atoms with Crippen LogP contribution < -0.4 is 5.73 Å². The minimum Gasteiger partial charge on any atom is -0.329 e. The summed E-state index contributed by atoms with van der Waals surface area (Å²) >= 11 is 0. The third-order valence-electron chi connectivity index (χ3n) is 6.14. The molecule has 0 heterocycles. The molecule has 3 aliphatic rings. The highest BCUT2D eigenvalue weighted by molar-refractivity contribution is 5.00. The van der Waals surface area contributed by atoms with Crippen LogP contribution in [0.15, 0.2) is 0 Å². The molecule has 0 aromatic carbocycles. The fourth-order valence-corrected chi connectivity index (χ4v) is 3.97. The summed E-state index contributed by atoms with van der Waals surface area (Å²) < 4.78 is 0. The summed E-state index contributed by atoms with van der Waals surface area (Å²) in [6.45, 7) is 8.44. The molecule has 0 spiro atoms. The van der Waals surface area contributed by atoms with E-state index in [2.05, 4.69) is 18.7 Å². The molecule has 2 heteroatoms. The van der Waals surface area contributed by atoms with Crippen molar-refractivity contribution in [3.63, 3.8) is 0 Å². The molecule has 0 aromatic rings. The van der Waals surface area contributed by atoms with E-state index in [1.165, 1.54) is 58.0 Å². The Bertz CT molecular complexity index is 294. The van der Waals surface area contributed by atoms with Crippen molar-refractivity contribution < 1.29 is 0 Å². The average Bonchev–Trinajstić information content (AvgIpc) is 3.27. The average molecular weight is 264 g/mol. The summed E-state index contributed by atoms with van der Waals surface area (Å²) in [6, 6.07) is 0. The zero-order chi connectivity index (χ0) is 13.5. The Balaban J connectivity index is 1.71. The van der Waals surface area contributed by atoms with Gasteiger partial charge in [0.2, 0.25) is 0 Å². The molecule has 0 aromatic heterocycles. The van der Waals surface area contributed by atoms with Crippen molar-refractivity contribution in [2.75, 3.05) is 19.6 Å². The minimum absolute atomic E-state index is 0.344. The Morgan fingerprint density at radius 2 is 1.53 bits per heavy atom. The molecule has 19 heavy (non-hydrogen) atoms. The summed E-state index contributed by atoms with van der Waals surface area (Å²) in [5, 5.41) is 0. The van der Waals surface area contributed by atoms with Gasteiger partial charge in [-0.1, -0.05) is 13.8 Å². The molecular weight excluding hydrogens is 232 g/mol. The first-order valence-corrected chi connectivity index (χ1v) is 8.58. The van der Waals surface area contributed by atoms with E-state index in [0.29, 0.717) is 5.54 Å². The first-order chi connectivity index (χ1) is 9.13. The van der Waals surface area contributed by atoms with Gasteiger partial charge in [0.05, 0.1) is 0 Å². The zero-order valence-electron chi connectivity index (χ0n) is 12.9. The van der Waals surface area contributed by atoms with Crippen LogP contribution in [0.5, 0.6) is 0 Å². The van der Waals surface area contributed by atoms with Gasteiger partial charge in [0.15, 0.2) is 0 Å². The van der Waals surface area contributed by atoms with Gasteiger partial charge in [-0.05, 0) is 68.6 Å². The second-order valence-electron chi connectivity index (χ2n) is 7.92. The third-order valence-corrected chi connectivity index (χ3v) is 6.14. The fourth-order valence-electron chi connectivity index (χ4n) is 3.97. The highest BCUT2D eigenvalue weighted by Crippen LogP contribution is 2.43. The molecule has 0 amide bonds. The van der Waals surface area contributed by atoms with Crippen LogP contribution in [0.1, 0.15) is 58.8 Å². The first-order valence-electron chi connectivity index (χ1n) is 8.58. The second kappa shape index (κ2) is 5.37. The van der Waals surface area contributed by atoms with Crippen LogP contribution in [0.25, 0.3) is 0 Å². The monoisotopic (exact) mass is 264 g/mol. The van der Waals surface area contributed by atoms with Crippen LogP contribution in [0.4, 0.5) is 0 Å². The van der Waals surface area contributed by atoms with Crippen LogP contribution in [0.3, 0.4) is 0 Å². The molecule has 3 atom stereocenters. The van der Waals surface area contributed by atoms with E-state index in [9.17, 15) is 0 Å². The quantitative estimate of drug-likeness (QED) is 0.798. The van der Waals surface area contributed by atoms with E-state index in [1.807, 2.05) is 0 Å². The maximum atomic E-state index is 6.30. The molecular formula is C17H32N2. The lowest BCUT2D eigenvalue weighted by atomic mass is 9.70. The largest absolute Gasteiger partial charge is 0.329 e. The van der Waals surface area contributed by atoms with Crippen LogP contribution in [-0.4, -0.2) is 30.1 Å². The number of rotatable bonds is 6. The van der Waals surface area contributed by atoms with Gasteiger partial charge in [-0.15, -0.1) is 0 Å². The van der Waals surface area contributed by atoms with Gasteiger partial charge in [-0.3, -0.25) is 4.90 Å². The number of nitrogens with two attached hydrogens (primary N) is 1. The lowest BCUT2D eigenvalue weighted by Gasteiger charge is -2.50. The standard InChI is InChI=1S/C17H32N2/c1-13-7-8-17(12-18,9-14(13)2)19(10-15-3-4-15)11-16-5-6-16/h13-16H,3-12,18H2,1-2H3. The molecule has 2 N–H and O–H groups in total. The normalized spacial score (nSPS) is 39.8. The van der Waals surface area contributed by atoms with Crippen LogP contribution in [0.2, 0.25) is 0 Å². The lowest BCUT2D eigenvalue weighted by Crippen LogP contribution is -2.58. The summed E-state index contributed by atoms with van der Waals surface area (Å²) in [6.07, 6.45) is 9.92. The zero-order valence-corrected chi connectivity index (χ0v) is 12.9. The summed E-state index contributed by atoms with van der Waals surface area (Å²) in [4.78, 5) is 2.85. The van der Waals surface area contributed by atoms with E-state index in [0.717, 1.165) is 30.2 Å². The van der Waals surface area contributed by atoms with Gasteiger partial charge >= 0.3 is 0 Å². The summed E-state index contributed by atoms with van der Waals surface area (Å²) in [5.41, 5.74) is 6.64. The van der Waals surface area contributed by atoms with Crippen molar-refractivity contribution in [3.8, 4) is 0 Å². The van der Waals surface area contributed by atoms with Crippen LogP contribution in [0, 0.1) is 23.7 Å². The molecule has 0 aliphatic heterocycles. The lowest BCUT2D eigenvalue weighted by molar-refractivity contribution is 0.0144. The van der Waals surface area contributed by atoms with E-state index in [4.69, 9.17) is 5.73 Å². The molecule has 3 fully saturated rings. The van der Waals surface area contributed by atoms with Crippen molar-refractivity contribution in [1.29, 1.82) is 0 Å². The van der Waals surface area contributed by atoms with E-state index in [1.54, 1.807) is 0 Å². The molecule has 0 bridgehead atoms. The number of hydrogen-bond donors (Lipinski definition) is 1. The van der Waals surface area contributed by atoms with Crippen molar-refractivity contribution in [2.45, 2.75) is 64.3 Å². The predicted octanol–water partition coefficient (Wildman–Crippen LogP) is 3.26. The maximum Gasteiger partial charge on any atom is 0.0334 e. The van der Waals surface area contributed by atoms with Crippen molar-refractivity contribution in [1.82, 2.24) is 4.90 Å². The smallest absolute Gasteiger partial charge is 0.0334 e. The minimum atomic E-state index is 0.344. The van der Waals surface area contributed by atoms with Crippen molar-refractivity contribution in [2.24, 2.45) is 29.4 Å². The summed E-state index contributed by atoms with van der Waals surface area (Å²) in [5.74, 6) is 3.73. The molecule has 3 unspecified atom stereocenters. The van der Waals surface area contributed by atoms with Gasteiger partial charge in [0.1, 0.15) is 0 Å². The molecule has 3 aliphatic carbocycles. The van der Waals surface area contributed by atoms with E-state index in [-0.39, 0.29) is 0 Å². The molecule has 3 rings (SSSR count). The van der Waals surface area contributed by atoms with Crippen LogP contribution in [-0.2, 0) is 0 Å². The Labute approximate surface area is 119 Å². The molecule has 3 saturated carbocycles. The van der Waals surface area contributed by atoms with Gasteiger partial charge in [0.25, 0.3) is 0 Å². The highest BCUT2D eigenvalue weighted by atomic mass is 15.2. The molecule has 0 radical (unpaired) electrons. The Morgan fingerprint density at radius 1 is 0.947 bits per heavy atom. The first kappa shape index (κ1) is 13.9. The fraction of sp³-hybridized carbons (Fsp3) is 1.00. The Kier molecular flexibility index (Phi) is 3.92. The second-order valence-corrected chi connectivity index (χ2v) is 7.92. The topological polar surface area (TPSA) is 29.3 Å².